The Morgan fingerprint density at radius 2 is 1.53 bits per heavy atom. The summed E-state index contributed by atoms with van der Waals surface area (Å²) in [6, 6.07) is 21.4. The van der Waals surface area contributed by atoms with Gasteiger partial charge in [-0.05, 0) is 65.1 Å². The first kappa shape index (κ1) is 38.3. The maximum Gasteiger partial charge on any atom is 0.175 e. The molecule has 1 heterocycles. The molecule has 0 fully saturated rings. The zero-order valence-corrected chi connectivity index (χ0v) is 29.7. The largest absolute Gasteiger partial charge is 0.488 e. The monoisotopic (exact) mass is 743 g/mol. The number of nitrogens with one attached hydrogen (secondary N) is 1. The molecule has 6 N–H and O–H groups in total. The maximum absolute atomic E-state index is 12.1. The Morgan fingerprint density at radius 1 is 0.824 bits per heavy atom. The summed E-state index contributed by atoms with van der Waals surface area (Å²) in [7, 11) is -3.44. The van der Waals surface area contributed by atoms with Gasteiger partial charge in [-0.2, -0.15) is 0 Å². The second-order valence-electron chi connectivity index (χ2n) is 12.3. The fourth-order valence-electron chi connectivity index (χ4n) is 5.54. The van der Waals surface area contributed by atoms with Gasteiger partial charge < -0.3 is 49.8 Å². The summed E-state index contributed by atoms with van der Waals surface area (Å²) in [5.74, 6) is 2.10. The molecule has 0 spiro atoms. The molecule has 1 aliphatic rings. The second-order valence-corrected chi connectivity index (χ2v) is 14.7. The summed E-state index contributed by atoms with van der Waals surface area (Å²) in [5.41, 5.74) is 5.07. The van der Waals surface area contributed by atoms with Crippen molar-refractivity contribution in [2.45, 2.75) is 56.0 Å². The van der Waals surface area contributed by atoms with Gasteiger partial charge in [-0.25, -0.2) is 8.42 Å². The van der Waals surface area contributed by atoms with Crippen LogP contribution in [0, 0.1) is 6.92 Å². The van der Waals surface area contributed by atoms with E-state index < -0.39 is 40.9 Å². The van der Waals surface area contributed by atoms with E-state index in [-0.39, 0.29) is 36.2 Å². The van der Waals surface area contributed by atoms with E-state index in [9.17, 15) is 28.8 Å². The fraction of sp³-hybridized carbons (Fsp3) is 0.351. The van der Waals surface area contributed by atoms with E-state index in [2.05, 4.69) is 5.32 Å². The molecule has 12 nitrogen and oxygen atoms in total. The van der Waals surface area contributed by atoms with E-state index in [1.807, 2.05) is 43.3 Å². The Kier molecular flexibility index (Phi) is 12.8. The molecule has 0 radical (unpaired) electrons. The molecule has 0 saturated heterocycles. The van der Waals surface area contributed by atoms with Crippen molar-refractivity contribution in [3.05, 3.63) is 100 Å². The van der Waals surface area contributed by atoms with Crippen LogP contribution in [0.4, 0.5) is 0 Å². The van der Waals surface area contributed by atoms with Crippen LogP contribution in [0.3, 0.4) is 0 Å². The molecular formula is C37H42ClNO11S. The fourth-order valence-corrected chi connectivity index (χ4v) is 6.48. The number of hydrogen-bond acceptors (Lipinski definition) is 12. The lowest BCUT2D eigenvalue weighted by atomic mass is 9.96. The Bertz CT molecular complexity index is 1920. The summed E-state index contributed by atoms with van der Waals surface area (Å²) >= 11 is 6.70. The molecule has 274 valence electrons. The van der Waals surface area contributed by atoms with E-state index in [0.717, 1.165) is 28.5 Å². The Labute approximate surface area is 301 Å². The summed E-state index contributed by atoms with van der Waals surface area (Å²) in [4.78, 5) is 0.153. The average molecular weight is 744 g/mol. The van der Waals surface area contributed by atoms with Gasteiger partial charge in [-0.15, -0.1) is 0 Å². The van der Waals surface area contributed by atoms with Crippen LogP contribution in [0.2, 0.25) is 5.02 Å². The number of halogens is 1. The van der Waals surface area contributed by atoms with E-state index in [1.54, 1.807) is 24.3 Å². The quantitative estimate of drug-likeness (QED) is 0.0987. The summed E-state index contributed by atoms with van der Waals surface area (Å²) in [6.07, 6.45) is -5.47. The molecule has 0 aliphatic carbocycles. The summed E-state index contributed by atoms with van der Waals surface area (Å²) in [5, 5.41) is 52.4. The number of sulfone groups is 1. The van der Waals surface area contributed by atoms with Crippen LogP contribution in [0.15, 0.2) is 77.7 Å². The van der Waals surface area contributed by atoms with Crippen molar-refractivity contribution < 1.29 is 52.9 Å². The van der Waals surface area contributed by atoms with Crippen LogP contribution in [0.5, 0.6) is 23.0 Å². The number of hydrogen-bond donors (Lipinski definition) is 6. The number of rotatable bonds is 16. The lowest BCUT2D eigenvalue weighted by Crippen LogP contribution is -2.48. The second kappa shape index (κ2) is 17.1. The molecule has 0 unspecified atom stereocenters. The smallest absolute Gasteiger partial charge is 0.175 e. The van der Waals surface area contributed by atoms with E-state index in [1.165, 1.54) is 12.1 Å². The molecule has 0 amide bonds. The maximum atomic E-state index is 12.1. The van der Waals surface area contributed by atoms with Crippen LogP contribution in [0.25, 0.3) is 11.1 Å². The van der Waals surface area contributed by atoms with E-state index >= 15 is 0 Å². The first-order valence-electron chi connectivity index (χ1n) is 16.2. The van der Waals surface area contributed by atoms with Gasteiger partial charge in [0, 0.05) is 31.0 Å². The molecule has 14 heteroatoms. The first-order valence-corrected chi connectivity index (χ1v) is 18.5. The highest BCUT2D eigenvalue weighted by Gasteiger charge is 2.30. The average Bonchev–Trinajstić information content (AvgIpc) is 3.13. The Balaban J connectivity index is 1.35. The van der Waals surface area contributed by atoms with Gasteiger partial charge in [-0.1, -0.05) is 48.0 Å². The highest BCUT2D eigenvalue weighted by molar-refractivity contribution is 7.90. The van der Waals surface area contributed by atoms with Crippen LogP contribution in [-0.2, 0) is 29.6 Å². The zero-order valence-electron chi connectivity index (χ0n) is 28.2. The number of ether oxygens (including phenoxy) is 4. The molecule has 0 saturated carbocycles. The van der Waals surface area contributed by atoms with Crippen molar-refractivity contribution in [2.75, 3.05) is 32.6 Å². The number of aliphatic hydroxyl groups excluding tert-OH is 5. The lowest BCUT2D eigenvalue weighted by Gasteiger charge is -2.26. The number of aliphatic hydroxyl groups is 5. The minimum atomic E-state index is -3.44. The van der Waals surface area contributed by atoms with Crippen molar-refractivity contribution >= 4 is 21.4 Å². The minimum Gasteiger partial charge on any atom is -0.488 e. The molecule has 1 aliphatic heterocycles. The standard InChI is InChI=1S/C37H42ClNO11S/c1-22-25(6-4-8-28(22)24-9-10-32-35(15-24)48-12-11-47-32)21-50-34-16-33(49-20-23-5-3-7-27(13-23)51(2,45)46)26(14-29(34)38)17-39-18-30(41)36(43)37(44)31(42)19-40/h3-10,13-16,30-31,36-37,39-44H,11-12,17-21H2,1-2H3/t30-,31+,36+,37+/m0/s1. The molecule has 0 bridgehead atoms. The van der Waals surface area contributed by atoms with E-state index in [0.29, 0.717) is 47.3 Å². The van der Waals surface area contributed by atoms with Crippen molar-refractivity contribution in [3.8, 4) is 34.1 Å². The van der Waals surface area contributed by atoms with Gasteiger partial charge in [0.15, 0.2) is 21.3 Å². The van der Waals surface area contributed by atoms with Gasteiger partial charge in [-0.3, -0.25) is 0 Å². The van der Waals surface area contributed by atoms with Crippen LogP contribution in [0.1, 0.15) is 22.3 Å². The van der Waals surface area contributed by atoms with Crippen LogP contribution >= 0.6 is 11.6 Å². The van der Waals surface area contributed by atoms with E-state index in [4.69, 9.17) is 35.7 Å². The molecule has 4 aromatic carbocycles. The third kappa shape index (κ3) is 9.70. The van der Waals surface area contributed by atoms with Gasteiger partial charge in [0.05, 0.1) is 22.6 Å². The SMILES string of the molecule is Cc1c(COc2cc(OCc3cccc(S(C)(=O)=O)c3)c(CNC[C@H](O)[C@@H](O)[C@H](O)[C@H](O)CO)cc2Cl)cccc1-c1ccc2c(c1)OCCO2. The Morgan fingerprint density at radius 3 is 2.27 bits per heavy atom. The minimum absolute atomic E-state index is 0.0146. The predicted molar refractivity (Wildman–Crippen MR) is 190 cm³/mol. The van der Waals surface area contributed by atoms with Crippen molar-refractivity contribution in [1.29, 1.82) is 0 Å². The molecule has 4 aromatic rings. The van der Waals surface area contributed by atoms with Gasteiger partial charge in [0.25, 0.3) is 0 Å². The normalized spacial score (nSPS) is 15.1. The predicted octanol–water partition coefficient (Wildman–Crippen LogP) is 3.17. The third-order valence-electron chi connectivity index (χ3n) is 8.51. The molecular weight excluding hydrogens is 702 g/mol. The highest BCUT2D eigenvalue weighted by Crippen LogP contribution is 2.37. The zero-order chi connectivity index (χ0) is 36.7. The number of benzene rings is 4. The first-order chi connectivity index (χ1) is 24.3. The van der Waals surface area contributed by atoms with Crippen molar-refractivity contribution in [3.63, 3.8) is 0 Å². The highest BCUT2D eigenvalue weighted by atomic mass is 35.5. The van der Waals surface area contributed by atoms with Crippen LogP contribution in [-0.4, -0.2) is 91.0 Å². The lowest BCUT2D eigenvalue weighted by molar-refractivity contribution is -0.114. The van der Waals surface area contributed by atoms with Crippen molar-refractivity contribution in [1.82, 2.24) is 5.32 Å². The van der Waals surface area contributed by atoms with Gasteiger partial charge in [0.2, 0.25) is 0 Å². The van der Waals surface area contributed by atoms with Crippen LogP contribution < -0.4 is 24.3 Å². The third-order valence-corrected chi connectivity index (χ3v) is 9.92. The molecule has 0 aromatic heterocycles. The summed E-state index contributed by atoms with van der Waals surface area (Å²) < 4.78 is 48.1. The molecule has 5 rings (SSSR count). The molecule has 4 atom stereocenters. The van der Waals surface area contributed by atoms with Gasteiger partial charge >= 0.3 is 0 Å². The summed E-state index contributed by atoms with van der Waals surface area (Å²) in [6.45, 7) is 2.32. The Hall–Kier alpha value is -3.92. The topological polar surface area (TPSA) is 184 Å². The number of fused-ring (bicyclic) bond motifs is 1. The van der Waals surface area contributed by atoms with Crippen molar-refractivity contribution in [2.24, 2.45) is 0 Å². The molecule has 51 heavy (non-hydrogen) atoms. The van der Waals surface area contributed by atoms with Gasteiger partial charge in [0.1, 0.15) is 56.2 Å².